The average Bonchev–Trinajstić information content (AvgIpc) is 3.85. The third-order valence-corrected chi connectivity index (χ3v) is 10.4. The number of H-pyrrole nitrogens is 1. The van der Waals surface area contributed by atoms with Gasteiger partial charge in [0.05, 0.1) is 30.5 Å². The predicted octanol–water partition coefficient (Wildman–Crippen LogP) is 6.35. The lowest BCUT2D eigenvalue weighted by atomic mass is 10.0. The molecule has 54 heavy (non-hydrogen) atoms. The van der Waals surface area contributed by atoms with E-state index < -0.39 is 11.9 Å². The molecule has 13 nitrogen and oxygen atoms in total. The normalized spacial score (nSPS) is 13.5. The van der Waals surface area contributed by atoms with Crippen LogP contribution in [0.1, 0.15) is 62.1 Å². The number of rotatable bonds is 19. The Bertz CT molecular complexity index is 2020. The number of benzene rings is 3. The molecule has 284 valence electrons. The fraction of sp³-hybridized carbons (Fsp3) is 0.350. The van der Waals surface area contributed by atoms with Crippen molar-refractivity contribution in [2.45, 2.75) is 38.6 Å². The summed E-state index contributed by atoms with van der Waals surface area (Å²) in [6.45, 7) is 6.48. The summed E-state index contributed by atoms with van der Waals surface area (Å²) in [4.78, 5) is 49.1. The smallest absolute Gasteiger partial charge is 0.336 e. The topological polar surface area (TPSA) is 167 Å². The van der Waals surface area contributed by atoms with Crippen LogP contribution in [0.3, 0.4) is 0 Å². The Morgan fingerprint density at radius 2 is 1.56 bits per heavy atom. The fourth-order valence-corrected chi connectivity index (χ4v) is 7.31. The highest BCUT2D eigenvalue weighted by Gasteiger charge is 2.23. The van der Waals surface area contributed by atoms with Crippen LogP contribution in [-0.2, 0) is 11.2 Å². The zero-order valence-electron chi connectivity index (χ0n) is 30.2. The second-order valence-corrected chi connectivity index (χ2v) is 14.0. The molecule has 14 heteroatoms. The summed E-state index contributed by atoms with van der Waals surface area (Å²) in [5, 5.41) is 23.7. The second-order valence-electron chi connectivity index (χ2n) is 13.0. The van der Waals surface area contributed by atoms with E-state index >= 15 is 0 Å². The number of aromatic carboxylic acids is 2. The van der Waals surface area contributed by atoms with Crippen molar-refractivity contribution in [1.82, 2.24) is 15.3 Å². The summed E-state index contributed by atoms with van der Waals surface area (Å²) < 4.78 is 16.9. The highest BCUT2D eigenvalue weighted by molar-refractivity contribution is 7.17. The van der Waals surface area contributed by atoms with Gasteiger partial charge >= 0.3 is 11.9 Å². The third-order valence-electron chi connectivity index (χ3n) is 9.30. The molecule has 1 unspecified atom stereocenters. The summed E-state index contributed by atoms with van der Waals surface area (Å²) >= 11 is 1.45. The maximum Gasteiger partial charge on any atom is 0.336 e. The van der Waals surface area contributed by atoms with Gasteiger partial charge in [0.2, 0.25) is 0 Å². The molecule has 4 N–H and O–H groups in total. The average molecular weight is 756 g/mol. The van der Waals surface area contributed by atoms with Crippen molar-refractivity contribution in [3.63, 3.8) is 0 Å². The molecule has 5 aromatic rings. The van der Waals surface area contributed by atoms with Crippen molar-refractivity contribution in [3.8, 4) is 11.5 Å². The number of unbranched alkanes of at least 4 members (excludes halogenated alkanes) is 1. The molecule has 1 aliphatic rings. The second kappa shape index (κ2) is 18.4. The zero-order chi connectivity index (χ0) is 37.9. The number of aromatic nitrogens is 2. The van der Waals surface area contributed by atoms with Gasteiger partial charge < -0.3 is 44.5 Å². The van der Waals surface area contributed by atoms with Gasteiger partial charge in [0.25, 0.3) is 5.91 Å². The minimum atomic E-state index is -1.34. The van der Waals surface area contributed by atoms with Crippen molar-refractivity contribution < 1.29 is 38.8 Å². The molecule has 0 bridgehead atoms. The number of anilines is 2. The maximum absolute atomic E-state index is 13.4. The number of ether oxygens (including phenoxy) is 3. The van der Waals surface area contributed by atoms with Gasteiger partial charge in [0.1, 0.15) is 29.6 Å². The van der Waals surface area contributed by atoms with E-state index in [0.29, 0.717) is 18.1 Å². The highest BCUT2D eigenvalue weighted by Crippen LogP contribution is 2.27. The quantitative estimate of drug-likeness (QED) is 0.0694. The number of fused-ring (bicyclic) bond motifs is 1. The number of aromatic amines is 1. The van der Waals surface area contributed by atoms with Gasteiger partial charge in [0, 0.05) is 55.0 Å². The maximum atomic E-state index is 13.4. The largest absolute Gasteiger partial charge is 0.491 e. The molecule has 3 heterocycles. The Balaban J connectivity index is 0.901. The molecular weight excluding hydrogens is 711 g/mol. The van der Waals surface area contributed by atoms with Crippen LogP contribution in [-0.4, -0.2) is 96.7 Å². The van der Waals surface area contributed by atoms with Gasteiger partial charge in [-0.3, -0.25) is 4.79 Å². The van der Waals surface area contributed by atoms with E-state index in [1.165, 1.54) is 40.5 Å². The van der Waals surface area contributed by atoms with E-state index in [0.717, 1.165) is 73.9 Å². The van der Waals surface area contributed by atoms with E-state index in [2.05, 4.69) is 50.3 Å². The standard InChI is InChI=1S/C40H45N5O8S/c1-2-3-6-28(23-27-25-41-35-8-5-4-7-32(27)35)43-37(46)36-26-42-40(54-36)45-17-15-44(16-18-45)29-9-11-30(12-10-29)52-21-19-51-20-22-53-31-13-14-33(38(47)48)34(24-31)39(49)50/h4-5,7-14,24-26,28,41H,2-3,6,15-23H2,1H3,(H,43,46)(H,47,48)(H,49,50). The first-order valence-electron chi connectivity index (χ1n) is 18.1. The molecule has 6 rings (SSSR count). The number of carbonyl (C=O) groups excluding carboxylic acids is 1. The van der Waals surface area contributed by atoms with Gasteiger partial charge in [-0.15, -0.1) is 0 Å². The van der Waals surface area contributed by atoms with E-state index in [4.69, 9.17) is 19.3 Å². The molecule has 1 amide bonds. The summed E-state index contributed by atoms with van der Waals surface area (Å²) in [6.07, 6.45) is 7.57. The monoisotopic (exact) mass is 755 g/mol. The molecule has 1 saturated heterocycles. The van der Waals surface area contributed by atoms with Gasteiger partial charge in [-0.1, -0.05) is 49.3 Å². The van der Waals surface area contributed by atoms with Crippen LogP contribution in [0, 0.1) is 0 Å². The molecular formula is C40H45N5O8S. The van der Waals surface area contributed by atoms with Crippen molar-refractivity contribution in [1.29, 1.82) is 0 Å². The van der Waals surface area contributed by atoms with Crippen molar-refractivity contribution >= 4 is 50.9 Å². The molecule has 1 fully saturated rings. The Morgan fingerprint density at radius 3 is 2.28 bits per heavy atom. The molecule has 3 aromatic carbocycles. The van der Waals surface area contributed by atoms with Crippen LogP contribution in [0.25, 0.3) is 10.9 Å². The Kier molecular flexibility index (Phi) is 13.0. The highest BCUT2D eigenvalue weighted by atomic mass is 32.1. The number of carbonyl (C=O) groups is 3. The minimum Gasteiger partial charge on any atom is -0.491 e. The Hall–Kier alpha value is -5.60. The number of para-hydroxylation sites is 1. The molecule has 2 aromatic heterocycles. The predicted molar refractivity (Wildman–Crippen MR) is 208 cm³/mol. The molecule has 0 saturated carbocycles. The number of carboxylic acid groups (broad SMARTS) is 2. The van der Waals surface area contributed by atoms with Gasteiger partial charge in [-0.2, -0.15) is 0 Å². The lowest BCUT2D eigenvalue weighted by Crippen LogP contribution is -2.46. The van der Waals surface area contributed by atoms with E-state index in [-0.39, 0.29) is 42.0 Å². The van der Waals surface area contributed by atoms with Crippen LogP contribution < -0.4 is 24.6 Å². The van der Waals surface area contributed by atoms with Crippen LogP contribution in [0.5, 0.6) is 11.5 Å². The minimum absolute atomic E-state index is 0.0411. The molecule has 0 radical (unpaired) electrons. The Labute approximate surface area is 317 Å². The summed E-state index contributed by atoms with van der Waals surface area (Å²) in [6, 6.07) is 20.1. The molecule has 1 aliphatic heterocycles. The number of nitrogens with one attached hydrogen (secondary N) is 2. The van der Waals surface area contributed by atoms with E-state index in [1.807, 2.05) is 36.4 Å². The van der Waals surface area contributed by atoms with Crippen molar-refractivity contribution in [2.24, 2.45) is 0 Å². The molecule has 1 atom stereocenters. The Morgan fingerprint density at radius 1 is 0.870 bits per heavy atom. The SMILES string of the molecule is CCCCC(Cc1c[nH]c2ccccc12)NC(=O)c1cnc(N2CCN(c3ccc(OCCOCCOc4ccc(C(=O)O)c(C(=O)O)c4)cc3)CC2)s1. The lowest BCUT2D eigenvalue weighted by Gasteiger charge is -2.36. The number of piperazine rings is 1. The van der Waals surface area contributed by atoms with Crippen LogP contribution >= 0.6 is 11.3 Å². The number of amides is 1. The first-order valence-corrected chi connectivity index (χ1v) is 19.0. The van der Waals surface area contributed by atoms with Gasteiger partial charge in [0.15, 0.2) is 5.13 Å². The molecule has 0 aliphatic carbocycles. The van der Waals surface area contributed by atoms with Crippen LogP contribution in [0.4, 0.5) is 10.8 Å². The fourth-order valence-electron chi connectivity index (χ4n) is 6.44. The first kappa shape index (κ1) is 38.1. The lowest BCUT2D eigenvalue weighted by molar-refractivity contribution is 0.0649. The van der Waals surface area contributed by atoms with Crippen LogP contribution in [0.15, 0.2) is 79.1 Å². The van der Waals surface area contributed by atoms with Crippen LogP contribution in [0.2, 0.25) is 0 Å². The third kappa shape index (κ3) is 9.88. The van der Waals surface area contributed by atoms with E-state index in [1.54, 1.807) is 6.20 Å². The summed E-state index contributed by atoms with van der Waals surface area (Å²) in [5.74, 6) is -1.74. The molecule has 0 spiro atoms. The number of nitrogens with zero attached hydrogens (tertiary/aromatic N) is 3. The van der Waals surface area contributed by atoms with Crippen molar-refractivity contribution in [3.05, 3.63) is 101 Å². The number of carboxylic acids is 2. The summed E-state index contributed by atoms with van der Waals surface area (Å²) in [5.41, 5.74) is 2.80. The number of hydrogen-bond donors (Lipinski definition) is 4. The van der Waals surface area contributed by atoms with E-state index in [9.17, 15) is 19.5 Å². The number of hydrogen-bond acceptors (Lipinski definition) is 10. The first-order chi connectivity index (χ1) is 26.3. The van der Waals surface area contributed by atoms with Crippen molar-refractivity contribution in [2.75, 3.05) is 62.4 Å². The van der Waals surface area contributed by atoms with Gasteiger partial charge in [-0.25, -0.2) is 14.6 Å². The summed E-state index contributed by atoms with van der Waals surface area (Å²) in [7, 11) is 0. The van der Waals surface area contributed by atoms with Gasteiger partial charge in [-0.05, 0) is 66.9 Å². The number of thiazole rings is 1. The zero-order valence-corrected chi connectivity index (χ0v) is 31.0.